The van der Waals surface area contributed by atoms with E-state index >= 15 is 0 Å². The Labute approximate surface area is 145 Å². The Kier molecular flexibility index (Phi) is 6.35. The quantitative estimate of drug-likeness (QED) is 0.788. The van der Waals surface area contributed by atoms with E-state index in [1.54, 1.807) is 36.4 Å². The number of halogens is 1. The maximum atomic E-state index is 12.0. The number of hydrogen-bond donors (Lipinski definition) is 2. The summed E-state index contributed by atoms with van der Waals surface area (Å²) in [6, 6.07) is 13.5. The van der Waals surface area contributed by atoms with Crippen LogP contribution in [0.5, 0.6) is 0 Å². The molecule has 2 aromatic rings. The molecular formula is C18H18ClNO4. The van der Waals surface area contributed by atoms with Crippen LogP contribution in [0.25, 0.3) is 0 Å². The first-order chi connectivity index (χ1) is 11.5. The minimum atomic E-state index is -0.933. The summed E-state index contributed by atoms with van der Waals surface area (Å²) in [7, 11) is 0. The minimum absolute atomic E-state index is 0.101. The molecule has 0 fully saturated rings. The number of carbonyl (C=O) groups excluding carboxylic acids is 2. The number of benzene rings is 2. The van der Waals surface area contributed by atoms with E-state index in [4.69, 9.17) is 21.4 Å². The summed E-state index contributed by atoms with van der Waals surface area (Å²) < 4.78 is 5.14. The Hall–Kier alpha value is -2.37. The lowest BCUT2D eigenvalue weighted by molar-refractivity contribution is -0.129. The van der Waals surface area contributed by atoms with Crippen molar-refractivity contribution >= 4 is 23.5 Å². The second-order valence-corrected chi connectivity index (χ2v) is 5.62. The summed E-state index contributed by atoms with van der Waals surface area (Å²) in [5, 5.41) is 12.2. The van der Waals surface area contributed by atoms with Gasteiger partial charge in [0.15, 0.2) is 6.10 Å². The van der Waals surface area contributed by atoms with Gasteiger partial charge < -0.3 is 15.2 Å². The van der Waals surface area contributed by atoms with Gasteiger partial charge in [-0.1, -0.05) is 41.9 Å². The van der Waals surface area contributed by atoms with E-state index in [2.05, 4.69) is 5.32 Å². The molecule has 0 heterocycles. The van der Waals surface area contributed by atoms with Crippen molar-refractivity contribution in [3.8, 4) is 0 Å². The molecule has 2 rings (SSSR count). The van der Waals surface area contributed by atoms with Crippen LogP contribution in [0.4, 0.5) is 0 Å². The number of carbonyl (C=O) groups is 2. The highest BCUT2D eigenvalue weighted by molar-refractivity contribution is 6.31. The van der Waals surface area contributed by atoms with E-state index in [-0.39, 0.29) is 13.2 Å². The molecule has 0 aromatic heterocycles. The summed E-state index contributed by atoms with van der Waals surface area (Å²) >= 11 is 6.02. The van der Waals surface area contributed by atoms with E-state index < -0.39 is 18.0 Å². The zero-order valence-electron chi connectivity index (χ0n) is 13.2. The lowest BCUT2D eigenvalue weighted by atomic mass is 10.1. The molecule has 2 aromatic carbocycles. The van der Waals surface area contributed by atoms with Gasteiger partial charge in [-0.05, 0) is 36.2 Å². The van der Waals surface area contributed by atoms with Crippen LogP contribution in [0.2, 0.25) is 5.02 Å². The molecule has 0 saturated heterocycles. The van der Waals surface area contributed by atoms with Crippen molar-refractivity contribution in [2.45, 2.75) is 26.2 Å². The van der Waals surface area contributed by atoms with Crippen LogP contribution in [-0.4, -0.2) is 23.1 Å². The van der Waals surface area contributed by atoms with Gasteiger partial charge in [0.2, 0.25) is 0 Å². The van der Waals surface area contributed by atoms with Crippen molar-refractivity contribution in [3.05, 3.63) is 70.2 Å². The fraction of sp³-hybridized carbons (Fsp3) is 0.222. The zero-order valence-corrected chi connectivity index (χ0v) is 13.9. The Morgan fingerprint density at radius 3 is 2.46 bits per heavy atom. The number of esters is 1. The first kappa shape index (κ1) is 18.0. The zero-order chi connectivity index (χ0) is 17.5. The normalized spacial score (nSPS) is 11.6. The van der Waals surface area contributed by atoms with Gasteiger partial charge in [-0.3, -0.25) is 4.79 Å². The lowest BCUT2D eigenvalue weighted by Crippen LogP contribution is -2.35. The Balaban J connectivity index is 1.88. The second kappa shape index (κ2) is 8.47. The van der Waals surface area contributed by atoms with Crippen LogP contribution >= 0.6 is 11.6 Å². The number of amides is 1. The molecule has 6 heteroatoms. The molecule has 0 bridgehead atoms. The van der Waals surface area contributed by atoms with E-state index in [9.17, 15) is 9.59 Å². The molecule has 0 aliphatic rings. The first-order valence-corrected chi connectivity index (χ1v) is 7.81. The third-order valence-electron chi connectivity index (χ3n) is 3.44. The molecule has 126 valence electrons. The highest BCUT2D eigenvalue weighted by Gasteiger charge is 2.18. The highest BCUT2D eigenvalue weighted by Crippen LogP contribution is 2.14. The molecule has 0 radical (unpaired) electrons. The summed E-state index contributed by atoms with van der Waals surface area (Å²) in [5.74, 6) is -1.00. The van der Waals surface area contributed by atoms with Crippen LogP contribution in [0.15, 0.2) is 48.5 Å². The number of aliphatic hydroxyl groups is 1. The average molecular weight is 348 g/mol. The number of aliphatic hydroxyl groups excluding tert-OH is 1. The Morgan fingerprint density at radius 1 is 1.17 bits per heavy atom. The standard InChI is InChI=1S/C18H18ClNO4/c1-12(17(22)20-10-15-4-2-3-5-16(15)19)24-18(23)14-8-6-13(11-21)7-9-14/h2-9,12,21H,10-11H2,1H3,(H,20,22)/t12-/m0/s1. The molecule has 0 unspecified atom stereocenters. The Morgan fingerprint density at radius 2 is 1.83 bits per heavy atom. The smallest absolute Gasteiger partial charge is 0.338 e. The molecule has 2 N–H and O–H groups in total. The third kappa shape index (κ3) is 4.81. The van der Waals surface area contributed by atoms with Crippen LogP contribution < -0.4 is 5.32 Å². The van der Waals surface area contributed by atoms with E-state index in [1.807, 2.05) is 12.1 Å². The topological polar surface area (TPSA) is 75.6 Å². The monoisotopic (exact) mass is 347 g/mol. The largest absolute Gasteiger partial charge is 0.449 e. The first-order valence-electron chi connectivity index (χ1n) is 7.43. The molecule has 1 amide bonds. The van der Waals surface area contributed by atoms with Gasteiger partial charge >= 0.3 is 5.97 Å². The van der Waals surface area contributed by atoms with Gasteiger partial charge in [0.1, 0.15) is 0 Å². The lowest BCUT2D eigenvalue weighted by Gasteiger charge is -2.14. The van der Waals surface area contributed by atoms with Crippen LogP contribution in [0, 0.1) is 0 Å². The van der Waals surface area contributed by atoms with Crippen molar-refractivity contribution < 1.29 is 19.4 Å². The third-order valence-corrected chi connectivity index (χ3v) is 3.80. The SMILES string of the molecule is C[C@H](OC(=O)c1ccc(CO)cc1)C(=O)NCc1ccccc1Cl. The van der Waals surface area contributed by atoms with Gasteiger partial charge in [-0.25, -0.2) is 4.79 Å². The molecule has 1 atom stereocenters. The van der Waals surface area contributed by atoms with E-state index in [1.165, 1.54) is 6.92 Å². The molecule has 0 saturated carbocycles. The fourth-order valence-corrected chi connectivity index (χ4v) is 2.20. The van der Waals surface area contributed by atoms with Gasteiger partial charge in [0.25, 0.3) is 5.91 Å². The van der Waals surface area contributed by atoms with Gasteiger partial charge in [-0.2, -0.15) is 0 Å². The summed E-state index contributed by atoms with van der Waals surface area (Å²) in [6.45, 7) is 1.66. The molecule has 24 heavy (non-hydrogen) atoms. The summed E-state index contributed by atoms with van der Waals surface area (Å²) in [6.07, 6.45) is -0.933. The predicted molar refractivity (Wildman–Crippen MR) is 90.5 cm³/mol. The van der Waals surface area contributed by atoms with E-state index in [0.29, 0.717) is 16.1 Å². The summed E-state index contributed by atoms with van der Waals surface area (Å²) in [5.41, 5.74) is 1.79. The van der Waals surface area contributed by atoms with Crippen molar-refractivity contribution in [1.29, 1.82) is 0 Å². The highest BCUT2D eigenvalue weighted by atomic mass is 35.5. The fourth-order valence-electron chi connectivity index (χ4n) is 2.00. The van der Waals surface area contributed by atoms with E-state index in [0.717, 1.165) is 5.56 Å². The molecular weight excluding hydrogens is 330 g/mol. The Bertz CT molecular complexity index is 715. The maximum absolute atomic E-state index is 12.0. The number of hydrogen-bond acceptors (Lipinski definition) is 4. The van der Waals surface area contributed by atoms with Gasteiger partial charge in [0.05, 0.1) is 12.2 Å². The van der Waals surface area contributed by atoms with Crippen molar-refractivity contribution in [1.82, 2.24) is 5.32 Å². The molecule has 0 aliphatic heterocycles. The molecule has 0 aliphatic carbocycles. The maximum Gasteiger partial charge on any atom is 0.338 e. The summed E-state index contributed by atoms with van der Waals surface area (Å²) in [4.78, 5) is 24.0. The van der Waals surface area contributed by atoms with Crippen molar-refractivity contribution in [2.24, 2.45) is 0 Å². The predicted octanol–water partition coefficient (Wildman–Crippen LogP) is 2.69. The van der Waals surface area contributed by atoms with Crippen LogP contribution in [0.1, 0.15) is 28.4 Å². The second-order valence-electron chi connectivity index (χ2n) is 5.21. The molecule has 5 nitrogen and oxygen atoms in total. The van der Waals surface area contributed by atoms with Gasteiger partial charge in [-0.15, -0.1) is 0 Å². The number of ether oxygens (including phenoxy) is 1. The number of nitrogens with one attached hydrogen (secondary N) is 1. The van der Waals surface area contributed by atoms with Crippen LogP contribution in [0.3, 0.4) is 0 Å². The number of rotatable bonds is 6. The van der Waals surface area contributed by atoms with Crippen molar-refractivity contribution in [2.75, 3.05) is 0 Å². The van der Waals surface area contributed by atoms with Crippen LogP contribution in [-0.2, 0) is 22.7 Å². The van der Waals surface area contributed by atoms with Crippen molar-refractivity contribution in [3.63, 3.8) is 0 Å². The molecule has 0 spiro atoms. The average Bonchev–Trinajstić information content (AvgIpc) is 2.60. The minimum Gasteiger partial charge on any atom is -0.449 e. The van der Waals surface area contributed by atoms with Gasteiger partial charge in [0, 0.05) is 11.6 Å².